The van der Waals surface area contributed by atoms with Crippen LogP contribution in [-0.4, -0.2) is 9.13 Å². The molecule has 0 aliphatic heterocycles. The summed E-state index contributed by atoms with van der Waals surface area (Å²) in [6.07, 6.45) is 0. The summed E-state index contributed by atoms with van der Waals surface area (Å²) < 4.78 is 4.98. The highest BCUT2D eigenvalue weighted by Gasteiger charge is 2.22. The summed E-state index contributed by atoms with van der Waals surface area (Å²) in [4.78, 5) is 0. The molecule has 0 radical (unpaired) electrons. The molecule has 0 fully saturated rings. The van der Waals surface area contributed by atoms with Gasteiger partial charge in [-0.2, -0.15) is 0 Å². The Bertz CT molecular complexity index is 3360. The summed E-state index contributed by atoms with van der Waals surface area (Å²) in [6, 6.07) is 62.9. The average molecular weight is 633 g/mol. The van der Waals surface area contributed by atoms with Gasteiger partial charge in [0.25, 0.3) is 0 Å². The molecule has 0 bridgehead atoms. The van der Waals surface area contributed by atoms with E-state index >= 15 is 0 Å². The highest BCUT2D eigenvalue weighted by atomic mass is 15.0. The Morgan fingerprint density at radius 1 is 0.240 bits per heavy atom. The number of rotatable bonds is 2. The molecule has 0 saturated carbocycles. The zero-order chi connectivity index (χ0) is 32.5. The van der Waals surface area contributed by atoms with Crippen molar-refractivity contribution in [1.82, 2.24) is 9.13 Å². The van der Waals surface area contributed by atoms with E-state index in [2.05, 4.69) is 179 Å². The normalized spacial score (nSPS) is 12.4. The average Bonchev–Trinajstić information content (AvgIpc) is 3.71. The molecule has 0 saturated heterocycles. The van der Waals surface area contributed by atoms with E-state index in [4.69, 9.17) is 0 Å². The maximum atomic E-state index is 2.52. The number of para-hydroxylation sites is 3. The zero-order valence-electron chi connectivity index (χ0n) is 27.1. The molecule has 12 aromatic rings. The number of fused-ring (bicyclic) bond motifs is 13. The number of hydrogen-bond acceptors (Lipinski definition) is 0. The molecule has 0 aliphatic carbocycles. The van der Waals surface area contributed by atoms with Gasteiger partial charge in [-0.15, -0.1) is 0 Å². The smallest absolute Gasteiger partial charge is 0.0788 e. The lowest BCUT2D eigenvalue weighted by Gasteiger charge is -2.18. The Hall–Kier alpha value is -6.64. The molecule has 0 N–H and O–H groups in total. The van der Waals surface area contributed by atoms with Crippen LogP contribution in [0.25, 0.3) is 109 Å². The molecule has 0 amide bonds. The van der Waals surface area contributed by atoms with Gasteiger partial charge in [-0.05, 0) is 90.3 Å². The number of benzene rings is 10. The van der Waals surface area contributed by atoms with Crippen molar-refractivity contribution in [3.05, 3.63) is 170 Å². The van der Waals surface area contributed by atoms with E-state index in [0.29, 0.717) is 0 Å². The van der Waals surface area contributed by atoms with E-state index in [1.165, 1.54) is 103 Å². The molecular formula is C48H28N2. The van der Waals surface area contributed by atoms with E-state index < -0.39 is 0 Å². The SMILES string of the molecule is c1ccc(-n2c3ccccc3c3ccc4c5ccccc5n(-c5ccc6c(c5)c5cccc7c8ccccc8c8cccc6c8c75)c4c32)cc1. The first-order valence-corrected chi connectivity index (χ1v) is 17.4. The standard InChI is InChI=1S/C48H28N2/c1-2-12-29(13-3-1)49-43-22-8-6-16-34(43)40-26-27-41-35-17-7-9-23-44(35)50(48(41)47(40)49)30-24-25-33-38-20-10-18-36-31-14-4-5-15-32(31)37-19-11-21-39(42(33)28-30)46(37)45(36)38/h1-28H. The lowest BCUT2D eigenvalue weighted by molar-refractivity contribution is 1.15. The molecule has 50 heavy (non-hydrogen) atoms. The van der Waals surface area contributed by atoms with Gasteiger partial charge in [0.05, 0.1) is 22.1 Å². The first kappa shape index (κ1) is 26.3. The van der Waals surface area contributed by atoms with Crippen LogP contribution in [0.3, 0.4) is 0 Å². The molecule has 0 atom stereocenters. The third kappa shape index (κ3) is 3.23. The Morgan fingerprint density at radius 3 is 1.20 bits per heavy atom. The van der Waals surface area contributed by atoms with Crippen LogP contribution in [0.1, 0.15) is 0 Å². The van der Waals surface area contributed by atoms with E-state index in [0.717, 1.165) is 5.69 Å². The fourth-order valence-electron chi connectivity index (χ4n) is 9.24. The van der Waals surface area contributed by atoms with Crippen molar-refractivity contribution < 1.29 is 0 Å². The van der Waals surface area contributed by atoms with Gasteiger partial charge in [0.15, 0.2) is 0 Å². The van der Waals surface area contributed by atoms with Crippen LogP contribution in [0.15, 0.2) is 170 Å². The Morgan fingerprint density at radius 2 is 0.640 bits per heavy atom. The predicted molar refractivity (Wildman–Crippen MR) is 214 cm³/mol. The van der Waals surface area contributed by atoms with E-state index in [-0.39, 0.29) is 0 Å². The van der Waals surface area contributed by atoms with Crippen LogP contribution in [0.4, 0.5) is 0 Å². The van der Waals surface area contributed by atoms with Crippen molar-refractivity contribution in [2.45, 2.75) is 0 Å². The first-order chi connectivity index (χ1) is 24.8. The van der Waals surface area contributed by atoms with Gasteiger partial charge >= 0.3 is 0 Å². The monoisotopic (exact) mass is 632 g/mol. The van der Waals surface area contributed by atoms with E-state index in [1.807, 2.05) is 0 Å². The fraction of sp³-hybridized carbons (Fsp3) is 0. The Balaban J connectivity index is 1.28. The minimum absolute atomic E-state index is 1.16. The number of hydrogen-bond donors (Lipinski definition) is 0. The maximum absolute atomic E-state index is 2.52. The topological polar surface area (TPSA) is 9.86 Å². The number of aromatic nitrogens is 2. The lowest BCUT2D eigenvalue weighted by atomic mass is 9.86. The highest BCUT2D eigenvalue weighted by Crippen LogP contribution is 2.46. The van der Waals surface area contributed by atoms with Crippen LogP contribution < -0.4 is 0 Å². The van der Waals surface area contributed by atoms with Gasteiger partial charge in [-0.3, -0.25) is 0 Å². The number of nitrogens with zero attached hydrogens (tertiary/aromatic N) is 2. The van der Waals surface area contributed by atoms with Gasteiger partial charge in [0.2, 0.25) is 0 Å². The maximum Gasteiger partial charge on any atom is 0.0788 e. The molecule has 230 valence electrons. The zero-order valence-corrected chi connectivity index (χ0v) is 27.1. The van der Waals surface area contributed by atoms with Crippen LogP contribution in [0, 0.1) is 0 Å². The second-order valence-corrected chi connectivity index (χ2v) is 13.6. The van der Waals surface area contributed by atoms with Crippen molar-refractivity contribution >= 4 is 97.5 Å². The van der Waals surface area contributed by atoms with Gasteiger partial charge in [0.1, 0.15) is 0 Å². The quantitative estimate of drug-likeness (QED) is 0.133. The molecule has 2 nitrogen and oxygen atoms in total. The molecular weight excluding hydrogens is 605 g/mol. The van der Waals surface area contributed by atoms with Crippen LogP contribution >= 0.6 is 0 Å². The third-order valence-electron chi connectivity index (χ3n) is 11.2. The molecule has 2 aromatic heterocycles. The van der Waals surface area contributed by atoms with Crippen molar-refractivity contribution in [3.63, 3.8) is 0 Å². The Kier molecular flexibility index (Phi) is 5.00. The van der Waals surface area contributed by atoms with Gasteiger partial charge in [0, 0.05) is 32.9 Å². The fourth-order valence-corrected chi connectivity index (χ4v) is 9.24. The lowest BCUT2D eigenvalue weighted by Crippen LogP contribution is -1.99. The van der Waals surface area contributed by atoms with Crippen molar-refractivity contribution in [3.8, 4) is 11.4 Å². The van der Waals surface area contributed by atoms with Crippen molar-refractivity contribution in [2.75, 3.05) is 0 Å². The highest BCUT2D eigenvalue weighted by molar-refractivity contribution is 6.40. The minimum Gasteiger partial charge on any atom is -0.307 e. The molecule has 0 aliphatic rings. The van der Waals surface area contributed by atoms with Crippen LogP contribution in [0.5, 0.6) is 0 Å². The molecule has 0 spiro atoms. The summed E-state index contributed by atoms with van der Waals surface area (Å²) in [7, 11) is 0. The van der Waals surface area contributed by atoms with Gasteiger partial charge in [-0.25, -0.2) is 0 Å². The van der Waals surface area contributed by atoms with E-state index in [1.54, 1.807) is 0 Å². The van der Waals surface area contributed by atoms with Gasteiger partial charge in [-0.1, -0.05) is 133 Å². The second-order valence-electron chi connectivity index (χ2n) is 13.6. The summed E-state index contributed by atoms with van der Waals surface area (Å²) in [5, 5.41) is 18.2. The summed E-state index contributed by atoms with van der Waals surface area (Å²) >= 11 is 0. The predicted octanol–water partition coefficient (Wildman–Crippen LogP) is 13.1. The Labute approximate surface area is 286 Å². The molecule has 0 unspecified atom stereocenters. The minimum atomic E-state index is 1.16. The van der Waals surface area contributed by atoms with Crippen LogP contribution in [0.2, 0.25) is 0 Å². The van der Waals surface area contributed by atoms with E-state index in [9.17, 15) is 0 Å². The second kappa shape index (κ2) is 9.49. The summed E-state index contributed by atoms with van der Waals surface area (Å²) in [5.41, 5.74) is 7.21. The molecule has 2 heteroatoms. The first-order valence-electron chi connectivity index (χ1n) is 17.4. The molecule has 10 aromatic carbocycles. The largest absolute Gasteiger partial charge is 0.307 e. The summed E-state index contributed by atoms with van der Waals surface area (Å²) in [5.74, 6) is 0. The van der Waals surface area contributed by atoms with Crippen molar-refractivity contribution in [2.24, 2.45) is 0 Å². The van der Waals surface area contributed by atoms with Gasteiger partial charge < -0.3 is 9.13 Å². The molecule has 2 heterocycles. The third-order valence-corrected chi connectivity index (χ3v) is 11.2. The van der Waals surface area contributed by atoms with Crippen molar-refractivity contribution in [1.29, 1.82) is 0 Å². The van der Waals surface area contributed by atoms with Crippen LogP contribution in [-0.2, 0) is 0 Å². The summed E-state index contributed by atoms with van der Waals surface area (Å²) in [6.45, 7) is 0. The molecule has 12 rings (SSSR count).